The fourth-order valence-electron chi connectivity index (χ4n) is 2.71. The summed E-state index contributed by atoms with van der Waals surface area (Å²) in [5.41, 5.74) is 6.63. The van der Waals surface area contributed by atoms with E-state index in [-0.39, 0.29) is 6.04 Å². The number of rotatable bonds is 7. The maximum atomic E-state index is 5.37. The molecule has 1 aliphatic rings. The Kier molecular flexibility index (Phi) is 5.07. The molecule has 0 aliphatic carbocycles. The maximum absolute atomic E-state index is 5.37. The van der Waals surface area contributed by atoms with E-state index in [4.69, 9.17) is 9.57 Å². The second-order valence-electron chi connectivity index (χ2n) is 5.45. The first-order valence-electron chi connectivity index (χ1n) is 7.68. The predicted octanol–water partition coefficient (Wildman–Crippen LogP) is 1.79. The summed E-state index contributed by atoms with van der Waals surface area (Å²) < 4.78 is 7.23. The van der Waals surface area contributed by atoms with Gasteiger partial charge in [0.1, 0.15) is 5.75 Å². The Morgan fingerprint density at radius 3 is 3.00 bits per heavy atom. The third-order valence-electron chi connectivity index (χ3n) is 3.92. The molecule has 1 aliphatic heterocycles. The number of nitrogens with one attached hydrogen (secondary N) is 2. The second kappa shape index (κ2) is 7.41. The second-order valence-corrected chi connectivity index (χ2v) is 5.45. The molecule has 1 atom stereocenters. The zero-order valence-corrected chi connectivity index (χ0v) is 13.3. The summed E-state index contributed by atoms with van der Waals surface area (Å²) in [6.45, 7) is 6.49. The molecule has 0 saturated heterocycles. The standard InChI is InChI=1S/C17H22N4O2/c1-3-8-23-20-16-10-18-11-17-15(16)9-19-21(17)12-13-4-6-14(22-2)7-5-13/h3-7,9,16,18,20H,1,8,10-12H2,2H3. The number of hydroxylamine groups is 1. The number of hydrogen-bond donors (Lipinski definition) is 2. The Bertz CT molecular complexity index is 651. The molecule has 0 saturated carbocycles. The van der Waals surface area contributed by atoms with Crippen molar-refractivity contribution in [1.29, 1.82) is 0 Å². The van der Waals surface area contributed by atoms with Crippen LogP contribution in [0.15, 0.2) is 43.1 Å². The SMILES string of the molecule is C=CCONC1CNCc2c1cnn2Cc1ccc(OC)cc1. The number of methoxy groups -OCH3 is 1. The van der Waals surface area contributed by atoms with E-state index in [1.54, 1.807) is 13.2 Å². The van der Waals surface area contributed by atoms with Gasteiger partial charge in [-0.3, -0.25) is 9.52 Å². The molecule has 2 heterocycles. The van der Waals surface area contributed by atoms with Crippen LogP contribution in [-0.4, -0.2) is 30.0 Å². The molecule has 1 aromatic carbocycles. The molecular weight excluding hydrogens is 292 g/mol. The monoisotopic (exact) mass is 314 g/mol. The molecule has 0 bridgehead atoms. The molecule has 1 aromatic heterocycles. The van der Waals surface area contributed by atoms with Crippen molar-refractivity contribution in [3.05, 3.63) is 59.9 Å². The topological polar surface area (TPSA) is 60.3 Å². The van der Waals surface area contributed by atoms with Crippen molar-refractivity contribution in [3.63, 3.8) is 0 Å². The van der Waals surface area contributed by atoms with Gasteiger partial charge in [0.25, 0.3) is 0 Å². The van der Waals surface area contributed by atoms with Crippen molar-refractivity contribution >= 4 is 0 Å². The van der Waals surface area contributed by atoms with Gasteiger partial charge in [-0.05, 0) is 17.7 Å². The highest BCUT2D eigenvalue weighted by Gasteiger charge is 2.24. The van der Waals surface area contributed by atoms with E-state index in [1.165, 1.54) is 16.8 Å². The number of aromatic nitrogens is 2. The molecule has 2 aromatic rings. The van der Waals surface area contributed by atoms with Crippen molar-refractivity contribution in [1.82, 2.24) is 20.6 Å². The lowest BCUT2D eigenvalue weighted by Gasteiger charge is -2.24. The molecule has 6 nitrogen and oxygen atoms in total. The van der Waals surface area contributed by atoms with E-state index in [1.807, 2.05) is 23.0 Å². The molecule has 0 spiro atoms. The summed E-state index contributed by atoms with van der Waals surface area (Å²) >= 11 is 0. The van der Waals surface area contributed by atoms with Gasteiger partial charge in [0, 0.05) is 18.7 Å². The van der Waals surface area contributed by atoms with Gasteiger partial charge in [0.05, 0.1) is 38.2 Å². The lowest BCUT2D eigenvalue weighted by atomic mass is 10.0. The molecule has 1 unspecified atom stereocenters. The number of fused-ring (bicyclic) bond motifs is 1. The van der Waals surface area contributed by atoms with Gasteiger partial charge in [-0.2, -0.15) is 10.6 Å². The number of benzene rings is 1. The van der Waals surface area contributed by atoms with Gasteiger partial charge in [-0.15, -0.1) is 6.58 Å². The van der Waals surface area contributed by atoms with Crippen LogP contribution in [0.25, 0.3) is 0 Å². The maximum Gasteiger partial charge on any atom is 0.118 e. The number of ether oxygens (including phenoxy) is 1. The van der Waals surface area contributed by atoms with E-state index < -0.39 is 0 Å². The zero-order valence-electron chi connectivity index (χ0n) is 13.3. The summed E-state index contributed by atoms with van der Waals surface area (Å²) in [5.74, 6) is 0.863. The summed E-state index contributed by atoms with van der Waals surface area (Å²) in [6.07, 6.45) is 3.64. The van der Waals surface area contributed by atoms with Crippen molar-refractivity contribution < 1.29 is 9.57 Å². The summed E-state index contributed by atoms with van der Waals surface area (Å²) in [7, 11) is 1.67. The first-order valence-corrected chi connectivity index (χ1v) is 7.68. The summed E-state index contributed by atoms with van der Waals surface area (Å²) in [5, 5.41) is 7.94. The quantitative estimate of drug-likeness (QED) is 0.463. The van der Waals surface area contributed by atoms with Crippen molar-refractivity contribution in [3.8, 4) is 5.75 Å². The first kappa shape index (κ1) is 15.7. The van der Waals surface area contributed by atoms with Gasteiger partial charge >= 0.3 is 0 Å². The number of hydrogen-bond acceptors (Lipinski definition) is 5. The van der Waals surface area contributed by atoms with Crippen molar-refractivity contribution in [2.24, 2.45) is 0 Å². The van der Waals surface area contributed by atoms with E-state index in [9.17, 15) is 0 Å². The fraction of sp³-hybridized carbons (Fsp3) is 0.353. The van der Waals surface area contributed by atoms with Crippen molar-refractivity contribution in [2.45, 2.75) is 19.1 Å². The Labute approximate surface area is 136 Å². The highest BCUT2D eigenvalue weighted by Crippen LogP contribution is 2.23. The molecule has 6 heteroatoms. The predicted molar refractivity (Wildman–Crippen MR) is 88.1 cm³/mol. The average molecular weight is 314 g/mol. The lowest BCUT2D eigenvalue weighted by Crippen LogP contribution is -2.37. The van der Waals surface area contributed by atoms with Crippen LogP contribution in [0.5, 0.6) is 5.75 Å². The lowest BCUT2D eigenvalue weighted by molar-refractivity contribution is 0.0323. The summed E-state index contributed by atoms with van der Waals surface area (Å²) in [4.78, 5) is 5.37. The molecule has 3 rings (SSSR count). The summed E-state index contributed by atoms with van der Waals surface area (Å²) in [6, 6.07) is 8.16. The van der Waals surface area contributed by atoms with Crippen LogP contribution < -0.4 is 15.5 Å². The molecule has 0 fully saturated rings. The normalized spacial score (nSPS) is 16.8. The highest BCUT2D eigenvalue weighted by atomic mass is 16.6. The highest BCUT2D eigenvalue weighted by molar-refractivity contribution is 5.29. The fourth-order valence-corrected chi connectivity index (χ4v) is 2.71. The molecular formula is C17H22N4O2. The Morgan fingerprint density at radius 1 is 1.43 bits per heavy atom. The van der Waals surface area contributed by atoms with Crippen LogP contribution in [-0.2, 0) is 17.9 Å². The van der Waals surface area contributed by atoms with E-state index in [0.717, 1.165) is 25.4 Å². The van der Waals surface area contributed by atoms with E-state index in [0.29, 0.717) is 6.61 Å². The van der Waals surface area contributed by atoms with Gasteiger partial charge in [0.15, 0.2) is 0 Å². The molecule has 0 radical (unpaired) electrons. The van der Waals surface area contributed by atoms with Gasteiger partial charge in [-0.25, -0.2) is 0 Å². The smallest absolute Gasteiger partial charge is 0.118 e. The molecule has 23 heavy (non-hydrogen) atoms. The van der Waals surface area contributed by atoms with Gasteiger partial charge < -0.3 is 10.1 Å². The van der Waals surface area contributed by atoms with E-state index in [2.05, 4.69) is 34.6 Å². The number of nitrogens with zero attached hydrogens (tertiary/aromatic N) is 2. The third-order valence-corrected chi connectivity index (χ3v) is 3.92. The zero-order chi connectivity index (χ0) is 16.1. The van der Waals surface area contributed by atoms with Crippen LogP contribution in [0.3, 0.4) is 0 Å². The Morgan fingerprint density at radius 2 is 2.26 bits per heavy atom. The third kappa shape index (κ3) is 3.61. The van der Waals surface area contributed by atoms with E-state index >= 15 is 0 Å². The Hall–Kier alpha value is -2.15. The van der Waals surface area contributed by atoms with Gasteiger partial charge in [-0.1, -0.05) is 18.2 Å². The van der Waals surface area contributed by atoms with Crippen LogP contribution in [0, 0.1) is 0 Å². The van der Waals surface area contributed by atoms with Crippen molar-refractivity contribution in [2.75, 3.05) is 20.3 Å². The minimum Gasteiger partial charge on any atom is -0.497 e. The largest absolute Gasteiger partial charge is 0.497 e. The average Bonchev–Trinajstić information content (AvgIpc) is 3.00. The molecule has 122 valence electrons. The minimum absolute atomic E-state index is 0.100. The molecule has 0 amide bonds. The van der Waals surface area contributed by atoms with Crippen LogP contribution in [0.2, 0.25) is 0 Å². The van der Waals surface area contributed by atoms with Crippen LogP contribution >= 0.6 is 0 Å². The molecule has 2 N–H and O–H groups in total. The van der Waals surface area contributed by atoms with Crippen LogP contribution in [0.4, 0.5) is 0 Å². The first-order chi connectivity index (χ1) is 11.3. The Balaban J connectivity index is 1.73. The van der Waals surface area contributed by atoms with Crippen LogP contribution in [0.1, 0.15) is 22.9 Å². The van der Waals surface area contributed by atoms with Gasteiger partial charge in [0.2, 0.25) is 0 Å². The minimum atomic E-state index is 0.100.